The zero-order chi connectivity index (χ0) is 43.0. The van der Waals surface area contributed by atoms with Crippen molar-refractivity contribution in [1.82, 2.24) is 0 Å². The first-order valence-corrected chi connectivity index (χ1v) is 22.5. The van der Waals surface area contributed by atoms with Gasteiger partial charge >= 0.3 is 0 Å². The lowest BCUT2D eigenvalue weighted by Crippen LogP contribution is -2.41. The number of hydrogen-bond donors (Lipinski definition) is 1. The summed E-state index contributed by atoms with van der Waals surface area (Å²) in [5.41, 5.74) is 21.1. The van der Waals surface area contributed by atoms with Crippen LogP contribution in [0.15, 0.2) is 176 Å². The smallest absolute Gasteiger partial charge is 0.197 e. The number of aryl methyl sites for hydroxylation is 2. The maximum absolute atomic E-state index is 3.99. The van der Waals surface area contributed by atoms with Gasteiger partial charge in [-0.05, 0) is 146 Å². The predicted octanol–water partition coefficient (Wildman–Crippen LogP) is 15.1. The van der Waals surface area contributed by atoms with E-state index in [9.17, 15) is 0 Å². The Labute approximate surface area is 373 Å². The van der Waals surface area contributed by atoms with E-state index in [0.717, 1.165) is 23.4 Å². The van der Waals surface area contributed by atoms with Crippen LogP contribution in [0.5, 0.6) is 0 Å². The van der Waals surface area contributed by atoms with E-state index in [4.69, 9.17) is 0 Å². The maximum atomic E-state index is 3.99. The molecule has 1 N–H and O–H groups in total. The number of nitrogens with one attached hydrogen (secondary N) is 1. The molecule has 1 radical (unpaired) electrons. The van der Waals surface area contributed by atoms with Crippen LogP contribution in [0.25, 0.3) is 54.9 Å². The van der Waals surface area contributed by atoms with Gasteiger partial charge in [-0.3, -0.25) is 0 Å². The van der Waals surface area contributed by atoms with Gasteiger partial charge in [-0.25, -0.2) is 0 Å². The molecule has 0 bridgehead atoms. The molecular weight excluding hydrogens is 759 g/mol. The van der Waals surface area contributed by atoms with Crippen molar-refractivity contribution in [2.24, 2.45) is 0 Å². The summed E-state index contributed by atoms with van der Waals surface area (Å²) in [6.07, 6.45) is 2.35. The first-order valence-electron chi connectivity index (χ1n) is 22.5. The summed E-state index contributed by atoms with van der Waals surface area (Å²) in [7, 11) is 2.46. The third kappa shape index (κ3) is 6.73. The second-order valence-electron chi connectivity index (χ2n) is 19.2. The van der Waals surface area contributed by atoms with Crippen LogP contribution in [0.1, 0.15) is 62.8 Å². The van der Waals surface area contributed by atoms with E-state index in [-0.39, 0.29) is 10.8 Å². The molecule has 0 saturated heterocycles. The van der Waals surface area contributed by atoms with E-state index in [0.29, 0.717) is 0 Å². The van der Waals surface area contributed by atoms with Crippen LogP contribution in [0.2, 0.25) is 0 Å². The average Bonchev–Trinajstić information content (AvgIpc) is 3.30. The number of hydrogen-bond acceptors (Lipinski definition) is 2. The number of rotatable bonds is 6. The van der Waals surface area contributed by atoms with Crippen molar-refractivity contribution in [2.45, 2.75) is 65.2 Å². The van der Waals surface area contributed by atoms with Crippen LogP contribution < -0.4 is 21.1 Å². The maximum Gasteiger partial charge on any atom is 0.197 e. The molecule has 1 aliphatic carbocycles. The molecule has 0 saturated carbocycles. The van der Waals surface area contributed by atoms with Crippen molar-refractivity contribution in [3.05, 3.63) is 198 Å². The molecule has 63 heavy (non-hydrogen) atoms. The molecule has 0 fully saturated rings. The second kappa shape index (κ2) is 14.9. The molecule has 305 valence electrons. The number of fused-ring (bicyclic) bond motifs is 5. The zero-order valence-corrected chi connectivity index (χ0v) is 37.2. The Balaban J connectivity index is 1.19. The Morgan fingerprint density at radius 3 is 1.84 bits per heavy atom. The van der Waals surface area contributed by atoms with Gasteiger partial charge in [0.05, 0.1) is 5.69 Å². The van der Waals surface area contributed by atoms with Gasteiger partial charge in [-0.2, -0.15) is 0 Å². The molecule has 9 aromatic carbocycles. The van der Waals surface area contributed by atoms with E-state index in [1.807, 2.05) is 0 Å². The first-order chi connectivity index (χ1) is 30.5. The predicted molar refractivity (Wildman–Crippen MR) is 272 cm³/mol. The molecule has 0 amide bonds. The molecule has 0 aromatic heterocycles. The minimum atomic E-state index is 0.0589. The van der Waals surface area contributed by atoms with E-state index in [2.05, 4.69) is 235 Å². The van der Waals surface area contributed by atoms with Crippen LogP contribution in [0, 0.1) is 13.8 Å². The van der Waals surface area contributed by atoms with Crippen molar-refractivity contribution in [3.8, 4) is 33.4 Å². The number of nitrogens with zero attached hydrogens (tertiary/aromatic N) is 1. The van der Waals surface area contributed by atoms with E-state index in [1.54, 1.807) is 0 Å². The van der Waals surface area contributed by atoms with Crippen molar-refractivity contribution in [2.75, 3.05) is 10.2 Å². The van der Waals surface area contributed by atoms with Crippen LogP contribution in [0.4, 0.5) is 28.4 Å². The highest BCUT2D eigenvalue weighted by molar-refractivity contribution is 6.73. The number of benzene rings is 9. The van der Waals surface area contributed by atoms with Crippen LogP contribution >= 0.6 is 0 Å². The van der Waals surface area contributed by atoms with Crippen molar-refractivity contribution in [3.63, 3.8) is 0 Å². The molecule has 3 heteroatoms. The van der Waals surface area contributed by atoms with Crippen LogP contribution in [0.3, 0.4) is 0 Å². The Bertz CT molecular complexity index is 3250. The Morgan fingerprint density at radius 2 is 1.10 bits per heavy atom. The molecular formula is C60H52BN2. The van der Waals surface area contributed by atoms with E-state index >= 15 is 0 Å². The van der Waals surface area contributed by atoms with Gasteiger partial charge in [0.1, 0.15) is 0 Å². The highest BCUT2D eigenvalue weighted by atomic mass is 15.2. The lowest BCUT2D eigenvalue weighted by molar-refractivity contribution is 0.332. The standard InChI is InChI=1S/C60H52BN2/c1-38-16-10-14-22-47(38)45-33-50(49-29-26-42-19-13-15-23-48(42)58(49)62-46-27-24-41(25-28-46)40-17-8-7-9-18-40)57-56(36-45)63(55-35-44-21-12-11-20-43(44)34-53(55)61-57)54-37-52-51(32-39(54)2)59(3,4)30-31-60(52,5)6/h7-29,32-37,62H,30-31H2,1-6H3. The van der Waals surface area contributed by atoms with Gasteiger partial charge in [-0.15, -0.1) is 0 Å². The topological polar surface area (TPSA) is 15.3 Å². The summed E-state index contributed by atoms with van der Waals surface area (Å²) in [6, 6.07) is 65.3. The Kier molecular flexibility index (Phi) is 9.24. The van der Waals surface area contributed by atoms with E-state index in [1.165, 1.54) is 106 Å². The quantitative estimate of drug-likeness (QED) is 0.168. The third-order valence-electron chi connectivity index (χ3n) is 14.2. The minimum Gasteiger partial charge on any atom is -0.355 e. The summed E-state index contributed by atoms with van der Waals surface area (Å²) < 4.78 is 0. The van der Waals surface area contributed by atoms with Gasteiger partial charge in [0.25, 0.3) is 0 Å². The van der Waals surface area contributed by atoms with Gasteiger partial charge < -0.3 is 10.2 Å². The molecule has 0 unspecified atom stereocenters. The van der Waals surface area contributed by atoms with Crippen LogP contribution in [-0.4, -0.2) is 7.28 Å². The first kappa shape index (κ1) is 39.0. The highest BCUT2D eigenvalue weighted by Crippen LogP contribution is 2.51. The summed E-state index contributed by atoms with van der Waals surface area (Å²) in [5.74, 6) is 0. The minimum absolute atomic E-state index is 0.0589. The zero-order valence-electron chi connectivity index (χ0n) is 37.2. The lowest BCUT2D eigenvalue weighted by Gasteiger charge is -2.44. The molecule has 2 aliphatic rings. The van der Waals surface area contributed by atoms with E-state index < -0.39 is 0 Å². The van der Waals surface area contributed by atoms with Gasteiger partial charge in [0.15, 0.2) is 7.28 Å². The summed E-state index contributed by atoms with van der Waals surface area (Å²) >= 11 is 0. The molecule has 0 spiro atoms. The summed E-state index contributed by atoms with van der Waals surface area (Å²) in [6.45, 7) is 14.3. The Morgan fingerprint density at radius 1 is 0.460 bits per heavy atom. The largest absolute Gasteiger partial charge is 0.355 e. The molecule has 0 atom stereocenters. The molecule has 1 aliphatic heterocycles. The van der Waals surface area contributed by atoms with Crippen LogP contribution in [-0.2, 0) is 10.8 Å². The van der Waals surface area contributed by atoms with Gasteiger partial charge in [0.2, 0.25) is 0 Å². The number of anilines is 5. The summed E-state index contributed by atoms with van der Waals surface area (Å²) in [4.78, 5) is 2.60. The summed E-state index contributed by atoms with van der Waals surface area (Å²) in [5, 5.41) is 8.86. The average molecular weight is 812 g/mol. The molecule has 2 nitrogen and oxygen atoms in total. The van der Waals surface area contributed by atoms with Crippen molar-refractivity contribution < 1.29 is 0 Å². The molecule has 9 aromatic rings. The second-order valence-corrected chi connectivity index (χ2v) is 19.2. The molecule has 11 rings (SSSR count). The fourth-order valence-corrected chi connectivity index (χ4v) is 10.5. The highest BCUT2D eigenvalue weighted by Gasteiger charge is 2.39. The fourth-order valence-electron chi connectivity index (χ4n) is 10.5. The van der Waals surface area contributed by atoms with Crippen molar-refractivity contribution >= 4 is 68.2 Å². The van der Waals surface area contributed by atoms with Crippen molar-refractivity contribution in [1.29, 1.82) is 0 Å². The van der Waals surface area contributed by atoms with Gasteiger partial charge in [0, 0.05) is 33.7 Å². The SMILES string of the molecule is Cc1ccccc1-c1cc(-c2ccc3ccccc3c2Nc2ccc(-c3ccccc3)cc2)c2c(c1)N(c1cc3c(cc1C)C(C)(C)CCC3(C)C)c1cc3ccccc3cc1[B]2. The monoisotopic (exact) mass is 811 g/mol. The lowest BCUT2D eigenvalue weighted by atomic mass is 9.57. The molecule has 1 heterocycles. The third-order valence-corrected chi connectivity index (χ3v) is 14.2. The normalized spacial score (nSPS) is 14.7. The fraction of sp³-hybridized carbons (Fsp3) is 0.167. The Hall–Kier alpha value is -6.84. The van der Waals surface area contributed by atoms with Gasteiger partial charge in [-0.1, -0.05) is 173 Å².